The Labute approximate surface area is 90.3 Å². The summed E-state index contributed by atoms with van der Waals surface area (Å²) in [7, 11) is 1.67. The summed E-state index contributed by atoms with van der Waals surface area (Å²) in [5.41, 5.74) is 0. The maximum Gasteiger partial charge on any atom is 0.166 e. The Bertz CT molecular complexity index is 172. The number of thiocarbonyl (C=S) groups is 1. The van der Waals surface area contributed by atoms with Crippen LogP contribution in [-0.2, 0) is 9.47 Å². The van der Waals surface area contributed by atoms with Gasteiger partial charge in [0.1, 0.15) is 0 Å². The average Bonchev–Trinajstić information content (AvgIpc) is 2.68. The molecule has 0 aromatic rings. The predicted octanol–water partition coefficient (Wildman–Crippen LogP) is 0.276. The highest BCUT2D eigenvalue weighted by molar-refractivity contribution is 7.80. The lowest BCUT2D eigenvalue weighted by atomic mass is 10.2. The molecule has 1 aliphatic rings. The molecule has 14 heavy (non-hydrogen) atoms. The first-order valence-electron chi connectivity index (χ1n) is 4.95. The van der Waals surface area contributed by atoms with Crippen LogP contribution in [0.1, 0.15) is 12.8 Å². The molecule has 0 saturated carbocycles. The lowest BCUT2D eigenvalue weighted by Crippen LogP contribution is -2.40. The highest BCUT2D eigenvalue weighted by Gasteiger charge is 2.14. The van der Waals surface area contributed by atoms with Crippen LogP contribution in [0.25, 0.3) is 0 Å². The van der Waals surface area contributed by atoms with Crippen LogP contribution in [0.3, 0.4) is 0 Å². The van der Waals surface area contributed by atoms with Crippen LogP contribution in [-0.4, -0.2) is 44.6 Å². The van der Waals surface area contributed by atoms with E-state index in [1.54, 1.807) is 7.11 Å². The maximum absolute atomic E-state index is 5.45. The van der Waals surface area contributed by atoms with Gasteiger partial charge in [0.15, 0.2) is 5.11 Å². The van der Waals surface area contributed by atoms with Crippen LogP contribution in [0.15, 0.2) is 0 Å². The first kappa shape index (κ1) is 11.7. The van der Waals surface area contributed by atoms with Crippen LogP contribution in [0.5, 0.6) is 0 Å². The summed E-state index contributed by atoms with van der Waals surface area (Å²) in [6.07, 6.45) is 2.63. The molecule has 1 rings (SSSR count). The van der Waals surface area contributed by atoms with Crippen molar-refractivity contribution >= 4 is 17.3 Å². The van der Waals surface area contributed by atoms with E-state index in [1.807, 2.05) is 0 Å². The molecule has 4 nitrogen and oxygen atoms in total. The van der Waals surface area contributed by atoms with Crippen LogP contribution >= 0.6 is 12.2 Å². The third kappa shape index (κ3) is 4.74. The summed E-state index contributed by atoms with van der Waals surface area (Å²) in [5.74, 6) is 0. The van der Waals surface area contributed by atoms with Crippen molar-refractivity contribution in [2.24, 2.45) is 0 Å². The Morgan fingerprint density at radius 1 is 1.57 bits per heavy atom. The van der Waals surface area contributed by atoms with Gasteiger partial charge in [-0.25, -0.2) is 0 Å². The van der Waals surface area contributed by atoms with Gasteiger partial charge in [0.2, 0.25) is 0 Å². The normalized spacial score (nSPS) is 20.8. The molecule has 0 aromatic heterocycles. The van der Waals surface area contributed by atoms with Gasteiger partial charge < -0.3 is 20.1 Å². The van der Waals surface area contributed by atoms with Crippen LogP contribution in [0.4, 0.5) is 0 Å². The number of rotatable bonds is 5. The molecule has 1 atom stereocenters. The summed E-state index contributed by atoms with van der Waals surface area (Å²) >= 11 is 5.07. The van der Waals surface area contributed by atoms with Gasteiger partial charge in [-0.15, -0.1) is 0 Å². The number of ether oxygens (including phenoxy) is 2. The van der Waals surface area contributed by atoms with Gasteiger partial charge in [-0.05, 0) is 25.1 Å². The van der Waals surface area contributed by atoms with Crippen molar-refractivity contribution in [3.63, 3.8) is 0 Å². The van der Waals surface area contributed by atoms with Crippen molar-refractivity contribution in [1.82, 2.24) is 10.6 Å². The zero-order chi connectivity index (χ0) is 10.2. The van der Waals surface area contributed by atoms with E-state index in [1.165, 1.54) is 0 Å². The Morgan fingerprint density at radius 3 is 3.07 bits per heavy atom. The minimum Gasteiger partial charge on any atom is -0.383 e. The first-order chi connectivity index (χ1) is 6.83. The van der Waals surface area contributed by atoms with Crippen molar-refractivity contribution in [1.29, 1.82) is 0 Å². The lowest BCUT2D eigenvalue weighted by Gasteiger charge is -2.13. The van der Waals surface area contributed by atoms with Gasteiger partial charge in [0, 0.05) is 26.8 Å². The molecule has 0 aliphatic carbocycles. The van der Waals surface area contributed by atoms with Crippen molar-refractivity contribution < 1.29 is 9.47 Å². The third-order valence-electron chi connectivity index (χ3n) is 2.11. The van der Waals surface area contributed by atoms with Crippen LogP contribution in [0, 0.1) is 0 Å². The minimum atomic E-state index is 0.331. The number of methoxy groups -OCH3 is 1. The smallest absolute Gasteiger partial charge is 0.166 e. The largest absolute Gasteiger partial charge is 0.383 e. The number of nitrogens with one attached hydrogen (secondary N) is 2. The lowest BCUT2D eigenvalue weighted by molar-refractivity contribution is 0.114. The number of hydrogen-bond acceptors (Lipinski definition) is 3. The maximum atomic E-state index is 5.45. The van der Waals surface area contributed by atoms with Crippen molar-refractivity contribution in [2.75, 3.05) is 33.4 Å². The molecule has 5 heteroatoms. The van der Waals surface area contributed by atoms with E-state index in [-0.39, 0.29) is 0 Å². The fraction of sp³-hybridized carbons (Fsp3) is 0.889. The van der Waals surface area contributed by atoms with Crippen molar-refractivity contribution in [3.8, 4) is 0 Å². The molecule has 2 N–H and O–H groups in total. The van der Waals surface area contributed by atoms with E-state index < -0.39 is 0 Å². The van der Waals surface area contributed by atoms with E-state index in [0.717, 1.165) is 32.5 Å². The van der Waals surface area contributed by atoms with E-state index in [4.69, 9.17) is 21.7 Å². The van der Waals surface area contributed by atoms with Gasteiger partial charge >= 0.3 is 0 Å². The Hall–Kier alpha value is -0.390. The predicted molar refractivity (Wildman–Crippen MR) is 59.5 cm³/mol. The van der Waals surface area contributed by atoms with E-state index in [0.29, 0.717) is 17.8 Å². The number of hydrogen-bond donors (Lipinski definition) is 2. The molecule has 1 heterocycles. The summed E-state index contributed by atoms with van der Waals surface area (Å²) in [4.78, 5) is 0. The summed E-state index contributed by atoms with van der Waals surface area (Å²) in [6, 6.07) is 0. The van der Waals surface area contributed by atoms with Gasteiger partial charge in [0.05, 0.1) is 12.7 Å². The second-order valence-electron chi connectivity index (χ2n) is 3.26. The van der Waals surface area contributed by atoms with Crippen molar-refractivity contribution in [3.05, 3.63) is 0 Å². The van der Waals surface area contributed by atoms with Crippen molar-refractivity contribution in [2.45, 2.75) is 18.9 Å². The SMILES string of the molecule is COCCNC(=S)NCC1CCCO1. The minimum absolute atomic E-state index is 0.331. The molecular weight excluding hydrogens is 200 g/mol. The third-order valence-corrected chi connectivity index (χ3v) is 2.39. The average molecular weight is 218 g/mol. The van der Waals surface area contributed by atoms with Crippen LogP contribution in [0.2, 0.25) is 0 Å². The fourth-order valence-corrected chi connectivity index (χ4v) is 1.53. The Morgan fingerprint density at radius 2 is 2.43 bits per heavy atom. The first-order valence-corrected chi connectivity index (χ1v) is 5.36. The van der Waals surface area contributed by atoms with Crippen LogP contribution < -0.4 is 10.6 Å². The standard InChI is InChI=1S/C9H18N2O2S/c1-12-6-4-10-9(14)11-7-8-3-2-5-13-8/h8H,2-7H2,1H3,(H2,10,11,14). The van der Waals surface area contributed by atoms with E-state index in [9.17, 15) is 0 Å². The molecule has 1 aliphatic heterocycles. The van der Waals surface area contributed by atoms with E-state index >= 15 is 0 Å². The van der Waals surface area contributed by atoms with Gasteiger partial charge in [-0.1, -0.05) is 0 Å². The summed E-state index contributed by atoms with van der Waals surface area (Å²) in [5, 5.41) is 6.85. The Kier molecular flexibility index (Phi) is 5.82. The molecule has 0 bridgehead atoms. The monoisotopic (exact) mass is 218 g/mol. The molecule has 1 fully saturated rings. The molecule has 1 saturated heterocycles. The molecule has 82 valence electrons. The molecule has 0 amide bonds. The van der Waals surface area contributed by atoms with E-state index in [2.05, 4.69) is 10.6 Å². The summed E-state index contributed by atoms with van der Waals surface area (Å²) in [6.45, 7) is 3.10. The summed E-state index contributed by atoms with van der Waals surface area (Å²) < 4.78 is 10.3. The molecule has 1 unspecified atom stereocenters. The van der Waals surface area contributed by atoms with Gasteiger partial charge in [-0.2, -0.15) is 0 Å². The highest BCUT2D eigenvalue weighted by atomic mass is 32.1. The molecular formula is C9H18N2O2S. The molecule has 0 radical (unpaired) electrons. The van der Waals surface area contributed by atoms with Gasteiger partial charge in [-0.3, -0.25) is 0 Å². The molecule has 0 aromatic carbocycles. The zero-order valence-corrected chi connectivity index (χ0v) is 9.36. The highest BCUT2D eigenvalue weighted by Crippen LogP contribution is 2.10. The Balaban J connectivity index is 1.96. The topological polar surface area (TPSA) is 42.5 Å². The second-order valence-corrected chi connectivity index (χ2v) is 3.67. The second kappa shape index (κ2) is 6.98. The van der Waals surface area contributed by atoms with Gasteiger partial charge in [0.25, 0.3) is 0 Å². The zero-order valence-electron chi connectivity index (χ0n) is 8.54. The quantitative estimate of drug-likeness (QED) is 0.512. The molecule has 0 spiro atoms. The fourth-order valence-electron chi connectivity index (χ4n) is 1.34.